The maximum atomic E-state index is 9.08. The van der Waals surface area contributed by atoms with E-state index in [2.05, 4.69) is 16.3 Å². The van der Waals surface area contributed by atoms with Crippen LogP contribution in [-0.2, 0) is 5.75 Å². The molecule has 104 valence electrons. The second-order valence-corrected chi connectivity index (χ2v) is 6.10. The summed E-state index contributed by atoms with van der Waals surface area (Å²) in [4.78, 5) is 0.981. The van der Waals surface area contributed by atoms with E-state index in [0.29, 0.717) is 22.3 Å². The lowest BCUT2D eigenvalue weighted by molar-refractivity contribution is 0.850. The monoisotopic (exact) mass is 313 g/mol. The molecule has 2 heterocycles. The molecule has 3 aromatic rings. The van der Waals surface area contributed by atoms with Gasteiger partial charge >= 0.3 is 0 Å². The van der Waals surface area contributed by atoms with Crippen LogP contribution in [-0.4, -0.2) is 14.9 Å². The number of nitrogen functional groups attached to an aromatic ring is 1. The molecule has 0 saturated carbocycles. The first-order chi connectivity index (χ1) is 10.3. The first-order valence-electron chi connectivity index (χ1n) is 6.15. The highest BCUT2D eigenvalue weighted by Crippen LogP contribution is 2.27. The molecule has 0 fully saturated rings. The fourth-order valence-electron chi connectivity index (χ4n) is 1.85. The second kappa shape index (κ2) is 5.99. The van der Waals surface area contributed by atoms with Crippen molar-refractivity contribution in [3.05, 3.63) is 52.9 Å². The fraction of sp³-hybridized carbons (Fsp3) is 0.0714. The topological polar surface area (TPSA) is 80.5 Å². The van der Waals surface area contributed by atoms with Gasteiger partial charge in [-0.2, -0.15) is 5.26 Å². The lowest BCUT2D eigenvalue weighted by Crippen LogP contribution is -2.11. The minimum atomic E-state index is 0.628. The Balaban J connectivity index is 1.79. The molecule has 0 bridgehead atoms. The van der Waals surface area contributed by atoms with Crippen LogP contribution in [0.2, 0.25) is 0 Å². The highest BCUT2D eigenvalue weighted by molar-refractivity contribution is 7.98. The van der Waals surface area contributed by atoms with Crippen molar-refractivity contribution < 1.29 is 0 Å². The highest BCUT2D eigenvalue weighted by Gasteiger charge is 2.13. The Kier molecular flexibility index (Phi) is 3.90. The number of nitrogens with zero attached hydrogens (tertiary/aromatic N) is 4. The third kappa shape index (κ3) is 2.77. The lowest BCUT2D eigenvalue weighted by atomic mass is 10.1. The molecule has 0 aliphatic rings. The van der Waals surface area contributed by atoms with Crippen LogP contribution >= 0.6 is 23.1 Å². The summed E-state index contributed by atoms with van der Waals surface area (Å²) in [6.07, 6.45) is 0. The fourth-order valence-corrected chi connectivity index (χ4v) is 3.41. The Hall–Kier alpha value is -2.30. The highest BCUT2D eigenvalue weighted by atomic mass is 32.2. The standard InChI is InChI=1S/C14H11N5S2/c15-8-10-4-1-2-5-11(10)9-21-14-18-17-13(19(14)16)12-6-3-7-20-12/h1-7H,9,16H2. The van der Waals surface area contributed by atoms with Gasteiger partial charge in [0.2, 0.25) is 5.16 Å². The average molecular weight is 313 g/mol. The number of benzene rings is 1. The first kappa shape index (κ1) is 13.7. The molecule has 3 rings (SSSR count). The van der Waals surface area contributed by atoms with E-state index in [0.717, 1.165) is 10.4 Å². The molecule has 0 atom stereocenters. The molecule has 0 aliphatic heterocycles. The predicted octanol–water partition coefficient (Wildman–Crippen LogP) is 2.88. The summed E-state index contributed by atoms with van der Waals surface area (Å²) in [5, 5.41) is 19.9. The van der Waals surface area contributed by atoms with E-state index < -0.39 is 0 Å². The van der Waals surface area contributed by atoms with Gasteiger partial charge in [0, 0.05) is 5.75 Å². The third-order valence-corrected chi connectivity index (χ3v) is 4.76. The van der Waals surface area contributed by atoms with Crippen LogP contribution in [0.15, 0.2) is 46.9 Å². The molecule has 2 aromatic heterocycles. The third-order valence-electron chi connectivity index (χ3n) is 2.90. The molecule has 0 saturated heterocycles. The van der Waals surface area contributed by atoms with E-state index in [4.69, 9.17) is 11.1 Å². The lowest BCUT2D eigenvalue weighted by Gasteiger charge is -2.04. The normalized spacial score (nSPS) is 10.4. The molecule has 0 aliphatic carbocycles. The van der Waals surface area contributed by atoms with E-state index in [-0.39, 0.29) is 0 Å². The molecule has 7 heteroatoms. The van der Waals surface area contributed by atoms with Gasteiger partial charge in [-0.05, 0) is 23.1 Å². The van der Waals surface area contributed by atoms with Gasteiger partial charge in [-0.3, -0.25) is 0 Å². The van der Waals surface area contributed by atoms with Crippen molar-refractivity contribution in [2.24, 2.45) is 0 Å². The number of hydrogen-bond acceptors (Lipinski definition) is 6. The molecule has 5 nitrogen and oxygen atoms in total. The summed E-state index contributed by atoms with van der Waals surface area (Å²) in [7, 11) is 0. The van der Waals surface area contributed by atoms with Crippen LogP contribution in [0.3, 0.4) is 0 Å². The number of aromatic nitrogens is 3. The summed E-state index contributed by atoms with van der Waals surface area (Å²) in [6.45, 7) is 0. The van der Waals surface area contributed by atoms with Gasteiger partial charge in [-0.1, -0.05) is 36.0 Å². The van der Waals surface area contributed by atoms with Gasteiger partial charge in [-0.15, -0.1) is 21.5 Å². The van der Waals surface area contributed by atoms with Crippen molar-refractivity contribution in [2.75, 3.05) is 5.84 Å². The molecular formula is C14H11N5S2. The maximum absolute atomic E-state index is 9.08. The smallest absolute Gasteiger partial charge is 0.210 e. The summed E-state index contributed by atoms with van der Waals surface area (Å²) in [5.41, 5.74) is 1.64. The molecule has 0 amide bonds. The van der Waals surface area contributed by atoms with Crippen molar-refractivity contribution in [2.45, 2.75) is 10.9 Å². The second-order valence-electron chi connectivity index (χ2n) is 4.21. The average Bonchev–Trinajstić information content (AvgIpc) is 3.15. The van der Waals surface area contributed by atoms with Crippen molar-refractivity contribution in [1.82, 2.24) is 14.9 Å². The van der Waals surface area contributed by atoms with Crippen LogP contribution < -0.4 is 5.84 Å². The zero-order chi connectivity index (χ0) is 14.7. The zero-order valence-electron chi connectivity index (χ0n) is 10.9. The molecule has 1 aromatic carbocycles. The largest absolute Gasteiger partial charge is 0.335 e. The van der Waals surface area contributed by atoms with E-state index in [9.17, 15) is 0 Å². The molecule has 0 spiro atoms. The number of hydrogen-bond donors (Lipinski definition) is 1. The van der Waals surface area contributed by atoms with E-state index >= 15 is 0 Å². The number of thioether (sulfide) groups is 1. The summed E-state index contributed by atoms with van der Waals surface area (Å²) in [6, 6.07) is 13.6. The zero-order valence-corrected chi connectivity index (χ0v) is 12.6. The number of nitriles is 1. The van der Waals surface area contributed by atoms with Crippen LogP contribution in [0, 0.1) is 11.3 Å². The summed E-state index contributed by atoms with van der Waals surface area (Å²) >= 11 is 3.03. The van der Waals surface area contributed by atoms with Gasteiger partial charge < -0.3 is 5.84 Å². The Labute approximate surface area is 130 Å². The number of thiophene rings is 1. The summed E-state index contributed by atoms with van der Waals surface area (Å²) < 4.78 is 1.49. The molecular weight excluding hydrogens is 302 g/mol. The minimum absolute atomic E-state index is 0.628. The quantitative estimate of drug-likeness (QED) is 0.591. The Bertz CT molecular complexity index is 786. The van der Waals surface area contributed by atoms with Crippen LogP contribution in [0.5, 0.6) is 0 Å². The predicted molar refractivity (Wildman–Crippen MR) is 84.2 cm³/mol. The van der Waals surface area contributed by atoms with Crippen molar-refractivity contribution in [3.63, 3.8) is 0 Å². The number of nitrogens with two attached hydrogens (primary N) is 1. The summed E-state index contributed by atoms with van der Waals surface area (Å²) in [5.74, 6) is 7.32. The van der Waals surface area contributed by atoms with Crippen molar-refractivity contribution in [1.29, 1.82) is 5.26 Å². The maximum Gasteiger partial charge on any atom is 0.210 e. The minimum Gasteiger partial charge on any atom is -0.335 e. The van der Waals surface area contributed by atoms with Crippen LogP contribution in [0.1, 0.15) is 11.1 Å². The van der Waals surface area contributed by atoms with Gasteiger partial charge in [0.25, 0.3) is 0 Å². The van der Waals surface area contributed by atoms with E-state index in [1.165, 1.54) is 16.4 Å². The van der Waals surface area contributed by atoms with Gasteiger partial charge in [0.15, 0.2) is 5.82 Å². The SMILES string of the molecule is N#Cc1ccccc1CSc1nnc(-c2cccs2)n1N. The molecule has 21 heavy (non-hydrogen) atoms. The van der Waals surface area contributed by atoms with Crippen LogP contribution in [0.4, 0.5) is 0 Å². The Morgan fingerprint density at radius 1 is 1.24 bits per heavy atom. The van der Waals surface area contributed by atoms with Crippen molar-refractivity contribution in [3.8, 4) is 16.8 Å². The Morgan fingerprint density at radius 3 is 2.86 bits per heavy atom. The molecule has 0 radical (unpaired) electrons. The Morgan fingerprint density at radius 2 is 2.10 bits per heavy atom. The van der Waals surface area contributed by atoms with E-state index in [1.807, 2.05) is 35.7 Å². The van der Waals surface area contributed by atoms with Crippen LogP contribution in [0.25, 0.3) is 10.7 Å². The van der Waals surface area contributed by atoms with Crippen molar-refractivity contribution >= 4 is 23.1 Å². The van der Waals surface area contributed by atoms with Gasteiger partial charge in [-0.25, -0.2) is 4.68 Å². The molecule has 0 unspecified atom stereocenters. The first-order valence-corrected chi connectivity index (χ1v) is 8.01. The number of rotatable bonds is 4. The molecule has 2 N–H and O–H groups in total. The van der Waals surface area contributed by atoms with E-state index in [1.54, 1.807) is 17.4 Å². The van der Waals surface area contributed by atoms with Gasteiger partial charge in [0.05, 0.1) is 16.5 Å². The van der Waals surface area contributed by atoms with Gasteiger partial charge in [0.1, 0.15) is 0 Å².